The van der Waals surface area contributed by atoms with Crippen LogP contribution in [0.2, 0.25) is 0 Å². The number of aryl methyl sites for hydroxylation is 2. The zero-order valence-electron chi connectivity index (χ0n) is 13.5. The smallest absolute Gasteiger partial charge is 0.203 e. The maximum absolute atomic E-state index is 5.42. The highest BCUT2D eigenvalue weighted by Gasteiger charge is 2.39. The number of nitrogens with one attached hydrogen (secondary N) is 1. The van der Waals surface area contributed by atoms with Crippen molar-refractivity contribution in [3.63, 3.8) is 0 Å². The average Bonchev–Trinajstić information content (AvgIpc) is 3.17. The van der Waals surface area contributed by atoms with Gasteiger partial charge in [0.25, 0.3) is 0 Å². The van der Waals surface area contributed by atoms with E-state index in [-0.39, 0.29) is 0 Å². The first kappa shape index (κ1) is 14.9. The van der Waals surface area contributed by atoms with Gasteiger partial charge in [0.05, 0.1) is 5.69 Å². The van der Waals surface area contributed by atoms with E-state index in [0.29, 0.717) is 0 Å². The molecule has 4 nitrogen and oxygen atoms in total. The topological polar surface area (TPSA) is 39.1 Å². The molecule has 21 heavy (non-hydrogen) atoms. The van der Waals surface area contributed by atoms with Gasteiger partial charge in [0, 0.05) is 32.5 Å². The minimum atomic E-state index is 0.804. The number of anilines is 1. The summed E-state index contributed by atoms with van der Waals surface area (Å²) in [4.78, 5) is 4.64. The van der Waals surface area contributed by atoms with Crippen LogP contribution in [0.4, 0.5) is 5.95 Å². The molecular weight excluding hydrogens is 262 g/mol. The summed E-state index contributed by atoms with van der Waals surface area (Å²) in [5.74, 6) is 3.92. The normalized spacial score (nSPS) is 27.4. The predicted octanol–water partition coefficient (Wildman–Crippen LogP) is 3.47. The fraction of sp³-hybridized carbons (Fsp3) is 0.824. The molecule has 118 valence electrons. The summed E-state index contributed by atoms with van der Waals surface area (Å²) in [6, 6.07) is 0. The fourth-order valence-electron chi connectivity index (χ4n) is 4.19. The molecule has 1 N–H and O–H groups in total. The minimum Gasteiger partial charge on any atom is -0.382 e. The quantitative estimate of drug-likeness (QED) is 0.745. The van der Waals surface area contributed by atoms with Gasteiger partial charge in [-0.2, -0.15) is 0 Å². The Balaban J connectivity index is 1.50. The second-order valence-corrected chi connectivity index (χ2v) is 6.77. The van der Waals surface area contributed by atoms with E-state index >= 15 is 0 Å². The molecule has 2 saturated carbocycles. The largest absolute Gasteiger partial charge is 0.382 e. The highest BCUT2D eigenvalue weighted by atomic mass is 16.5. The molecule has 1 heterocycles. The van der Waals surface area contributed by atoms with Crippen LogP contribution in [0.3, 0.4) is 0 Å². The fourth-order valence-corrected chi connectivity index (χ4v) is 4.19. The molecule has 3 rings (SSSR count). The van der Waals surface area contributed by atoms with E-state index in [2.05, 4.69) is 28.0 Å². The summed E-state index contributed by atoms with van der Waals surface area (Å²) >= 11 is 0. The Morgan fingerprint density at radius 1 is 1.38 bits per heavy atom. The number of aromatic nitrogens is 2. The third-order valence-electron chi connectivity index (χ3n) is 5.20. The van der Waals surface area contributed by atoms with Crippen LogP contribution >= 0.6 is 0 Å². The molecule has 0 radical (unpaired) electrons. The SMILES string of the molecule is CCOCCCn1cc(C)nc1NCC1CC2CCC1C2. The number of imidazole rings is 1. The van der Waals surface area contributed by atoms with Gasteiger partial charge in [-0.3, -0.25) is 0 Å². The van der Waals surface area contributed by atoms with E-state index in [1.807, 2.05) is 6.92 Å². The summed E-state index contributed by atoms with van der Waals surface area (Å²) in [6.07, 6.45) is 9.04. The predicted molar refractivity (Wildman–Crippen MR) is 85.5 cm³/mol. The van der Waals surface area contributed by atoms with Crippen LogP contribution in [0.15, 0.2) is 6.20 Å². The van der Waals surface area contributed by atoms with Gasteiger partial charge >= 0.3 is 0 Å². The van der Waals surface area contributed by atoms with Gasteiger partial charge in [-0.05, 0) is 57.3 Å². The molecule has 3 atom stereocenters. The lowest BCUT2D eigenvalue weighted by Gasteiger charge is -2.22. The molecule has 2 aliphatic rings. The molecule has 1 aromatic rings. The molecule has 0 saturated heterocycles. The lowest BCUT2D eigenvalue weighted by atomic mass is 9.89. The molecule has 2 fully saturated rings. The second kappa shape index (κ2) is 6.82. The first-order valence-electron chi connectivity index (χ1n) is 8.61. The lowest BCUT2D eigenvalue weighted by molar-refractivity contribution is 0.142. The van der Waals surface area contributed by atoms with Gasteiger partial charge < -0.3 is 14.6 Å². The molecule has 4 heteroatoms. The molecule has 0 spiro atoms. The van der Waals surface area contributed by atoms with E-state index in [4.69, 9.17) is 4.74 Å². The van der Waals surface area contributed by atoms with E-state index in [0.717, 1.165) is 62.1 Å². The number of ether oxygens (including phenoxy) is 1. The van der Waals surface area contributed by atoms with Crippen molar-refractivity contribution in [2.45, 2.75) is 52.5 Å². The van der Waals surface area contributed by atoms with Crippen molar-refractivity contribution in [1.29, 1.82) is 0 Å². The number of nitrogens with zero attached hydrogens (tertiary/aromatic N) is 2. The summed E-state index contributed by atoms with van der Waals surface area (Å²) in [5.41, 5.74) is 1.10. The van der Waals surface area contributed by atoms with Crippen molar-refractivity contribution >= 4 is 5.95 Å². The van der Waals surface area contributed by atoms with Crippen molar-refractivity contribution in [2.24, 2.45) is 17.8 Å². The molecule has 0 aliphatic heterocycles. The van der Waals surface area contributed by atoms with E-state index in [9.17, 15) is 0 Å². The van der Waals surface area contributed by atoms with Gasteiger partial charge in [0.15, 0.2) is 0 Å². The Hall–Kier alpha value is -1.03. The Kier molecular flexibility index (Phi) is 4.84. The van der Waals surface area contributed by atoms with Crippen LogP contribution in [-0.2, 0) is 11.3 Å². The van der Waals surface area contributed by atoms with Crippen LogP contribution in [-0.4, -0.2) is 29.3 Å². The van der Waals surface area contributed by atoms with Crippen LogP contribution in [0.1, 0.15) is 44.7 Å². The maximum atomic E-state index is 5.42. The number of fused-ring (bicyclic) bond motifs is 2. The van der Waals surface area contributed by atoms with Gasteiger partial charge in [0.2, 0.25) is 5.95 Å². The number of hydrogen-bond acceptors (Lipinski definition) is 3. The first-order chi connectivity index (χ1) is 10.3. The highest BCUT2D eigenvalue weighted by Crippen LogP contribution is 2.48. The summed E-state index contributed by atoms with van der Waals surface area (Å²) in [7, 11) is 0. The van der Waals surface area contributed by atoms with Crippen LogP contribution in [0, 0.1) is 24.7 Å². The zero-order chi connectivity index (χ0) is 14.7. The van der Waals surface area contributed by atoms with Crippen LogP contribution in [0.25, 0.3) is 0 Å². The molecule has 3 unspecified atom stereocenters. The van der Waals surface area contributed by atoms with E-state index < -0.39 is 0 Å². The molecule has 2 aliphatic carbocycles. The second-order valence-electron chi connectivity index (χ2n) is 6.77. The zero-order valence-corrected chi connectivity index (χ0v) is 13.5. The highest BCUT2D eigenvalue weighted by molar-refractivity contribution is 5.29. The Morgan fingerprint density at radius 2 is 2.29 bits per heavy atom. The monoisotopic (exact) mass is 291 g/mol. The van der Waals surface area contributed by atoms with Crippen LogP contribution in [0.5, 0.6) is 0 Å². The van der Waals surface area contributed by atoms with Gasteiger partial charge in [-0.25, -0.2) is 4.98 Å². The van der Waals surface area contributed by atoms with Crippen molar-refractivity contribution in [3.05, 3.63) is 11.9 Å². The van der Waals surface area contributed by atoms with Gasteiger partial charge in [0.1, 0.15) is 0 Å². The van der Waals surface area contributed by atoms with Gasteiger partial charge in [-0.1, -0.05) is 6.42 Å². The maximum Gasteiger partial charge on any atom is 0.203 e. The third-order valence-corrected chi connectivity index (χ3v) is 5.20. The lowest BCUT2D eigenvalue weighted by Crippen LogP contribution is -2.21. The van der Waals surface area contributed by atoms with Gasteiger partial charge in [-0.15, -0.1) is 0 Å². The molecule has 0 amide bonds. The molecule has 1 aromatic heterocycles. The van der Waals surface area contributed by atoms with Crippen LogP contribution < -0.4 is 5.32 Å². The molecule has 0 aromatic carbocycles. The Bertz CT molecular complexity index is 457. The molecule has 2 bridgehead atoms. The number of hydrogen-bond donors (Lipinski definition) is 1. The average molecular weight is 291 g/mol. The summed E-state index contributed by atoms with van der Waals surface area (Å²) in [5, 5.41) is 3.61. The summed E-state index contributed by atoms with van der Waals surface area (Å²) in [6.45, 7) is 7.84. The molecular formula is C17H29N3O. The summed E-state index contributed by atoms with van der Waals surface area (Å²) < 4.78 is 7.67. The van der Waals surface area contributed by atoms with Crippen molar-refractivity contribution in [2.75, 3.05) is 25.1 Å². The Labute approximate surface area is 128 Å². The number of rotatable bonds is 8. The van der Waals surface area contributed by atoms with E-state index in [1.165, 1.54) is 25.7 Å². The van der Waals surface area contributed by atoms with Crippen molar-refractivity contribution < 1.29 is 4.74 Å². The Morgan fingerprint density at radius 3 is 3.00 bits per heavy atom. The third kappa shape index (κ3) is 3.60. The van der Waals surface area contributed by atoms with E-state index in [1.54, 1.807) is 0 Å². The van der Waals surface area contributed by atoms with Crippen molar-refractivity contribution in [1.82, 2.24) is 9.55 Å². The first-order valence-corrected chi connectivity index (χ1v) is 8.61. The van der Waals surface area contributed by atoms with Crippen molar-refractivity contribution in [3.8, 4) is 0 Å². The minimum absolute atomic E-state index is 0.804. The standard InChI is InChI=1S/C17H29N3O/c1-3-21-8-4-7-20-12-13(2)19-17(20)18-11-16-10-14-5-6-15(16)9-14/h12,14-16H,3-11H2,1-2H3,(H,18,19).